The molecule has 0 radical (unpaired) electrons. The topological polar surface area (TPSA) is 556 Å². The molecule has 9 rings (SSSR count). The number of nitrogens with zero attached hydrogens (tertiary/aromatic N) is 5. The van der Waals surface area contributed by atoms with Crippen LogP contribution in [0.5, 0.6) is 0 Å². The normalized spacial score (nSPS) is 24.2. The molecule has 686 valence electrons. The molecule has 39 heteroatoms. The minimum atomic E-state index is -1.82. The first-order valence-electron chi connectivity index (χ1n) is 43.1. The van der Waals surface area contributed by atoms with E-state index in [0.29, 0.717) is 70.6 Å². The first-order valence-corrected chi connectivity index (χ1v) is 44.3. The summed E-state index contributed by atoms with van der Waals surface area (Å²) in [6.45, 7) is 6.28. The number of carbonyl (C=O) groups excluding carboxylic acids is 17. The second kappa shape index (κ2) is 46.6. The molecule has 1 saturated carbocycles. The molecule has 2 saturated heterocycles. The lowest BCUT2D eigenvalue weighted by Crippen LogP contribution is -2.61. The lowest BCUT2D eigenvalue weighted by Gasteiger charge is -2.36. The highest BCUT2D eigenvalue weighted by Gasteiger charge is 2.53. The van der Waals surface area contributed by atoms with E-state index in [1.807, 2.05) is 27.7 Å². The molecule has 16 amide bonds. The summed E-state index contributed by atoms with van der Waals surface area (Å²) in [5, 5.41) is 39.1. The third-order valence-corrected chi connectivity index (χ3v) is 24.5. The zero-order valence-corrected chi connectivity index (χ0v) is 73.8. The van der Waals surface area contributed by atoms with Crippen LogP contribution in [0.2, 0.25) is 0 Å². The Labute approximate surface area is 740 Å². The maximum Gasteiger partial charge on any atom is 0.246 e. The monoisotopic (exact) mass is 1780 g/mol. The van der Waals surface area contributed by atoms with Crippen LogP contribution in [0.4, 0.5) is 0 Å². The Morgan fingerprint density at radius 2 is 1.13 bits per heavy atom. The lowest BCUT2D eigenvalue weighted by molar-refractivity contribution is -0.149. The van der Waals surface area contributed by atoms with E-state index in [1.54, 1.807) is 91.3 Å². The van der Waals surface area contributed by atoms with Crippen LogP contribution in [0.3, 0.4) is 0 Å². The number of aliphatic hydroxyl groups excluding tert-OH is 1. The smallest absolute Gasteiger partial charge is 0.246 e. The van der Waals surface area contributed by atoms with Crippen molar-refractivity contribution in [3.8, 4) is 0 Å². The standard InChI is InChI=1S/C88H120N20O18S/c1-9-11-27-68-83(122)104-88(32-33-88)71(110)38-55(77(116)94-44-73(90)112)47-127-48-75(114)98-64(35-52-21-14-13-15-22-52)84(123)105(6)51(5)76(115)101-66(40-72(89)111)86(125)108-34-20-29-69(108)82(121)100-63(39-56-43-91-49-96-56)80(119)99-61(31-30-50(3)4)78(117)95-45-74(113)97-62(36-53-41-92-59-25-18-16-23-57(53)59)79(118)103-67(46-109)81(120)102-65(37-54-42-93-60-26-19-17-24-58(54)60)85(124)107(8)70(28-12-10-2)87(126)106(68)7/h13-19,21-26,41-43,49-51,55,61-70,92-93,109H,9-12,20,27-40,44-48H2,1-8H3,(H2,89,111)(H2,90,112)(H,91,96)(H,94,116)(H,95,117)(H,97,113)(H,98,114)(H,99,119)(H,100,121)(H,101,115)(H,102,120)(H,103,118)(H,104,122)/t51-,55-,61-,62-,63-,64-,65-,66-,67-,68-,69-,70-/m0/s1. The first kappa shape index (κ1) is 98.2. The van der Waals surface area contributed by atoms with Crippen molar-refractivity contribution in [1.82, 2.24) is 92.7 Å². The molecule has 127 heavy (non-hydrogen) atoms. The molecule has 3 fully saturated rings. The van der Waals surface area contributed by atoms with Gasteiger partial charge in [-0.2, -0.15) is 11.8 Å². The van der Waals surface area contributed by atoms with Crippen LogP contribution >= 0.6 is 11.8 Å². The van der Waals surface area contributed by atoms with Crippen LogP contribution in [0.25, 0.3) is 21.8 Å². The van der Waals surface area contributed by atoms with E-state index < -0.39 is 217 Å². The third-order valence-electron chi connectivity index (χ3n) is 23.4. The number of H-pyrrole nitrogens is 3. The number of para-hydroxylation sites is 2. The molecule has 2 aliphatic heterocycles. The van der Waals surface area contributed by atoms with E-state index in [4.69, 9.17) is 11.5 Å². The number of benzene rings is 3. The van der Waals surface area contributed by atoms with Gasteiger partial charge in [-0.05, 0) is 93.0 Å². The number of hydrogen-bond donors (Lipinski definition) is 16. The van der Waals surface area contributed by atoms with E-state index in [9.17, 15) is 72.2 Å². The molecule has 3 aromatic heterocycles. The summed E-state index contributed by atoms with van der Waals surface area (Å²) in [5.41, 5.74) is 12.9. The fraction of sp³-hybridized carbons (Fsp3) is 0.523. The van der Waals surface area contributed by atoms with Crippen molar-refractivity contribution < 1.29 is 86.6 Å². The zero-order chi connectivity index (χ0) is 92.3. The van der Waals surface area contributed by atoms with Gasteiger partial charge in [0.25, 0.3) is 0 Å². The fourth-order valence-electron chi connectivity index (χ4n) is 15.7. The van der Waals surface area contributed by atoms with Crippen LogP contribution in [0, 0.1) is 11.8 Å². The number of likely N-dealkylation sites (N-methyl/N-ethyl adjacent to an activating group) is 3. The Bertz CT molecular complexity index is 4920. The Hall–Kier alpha value is -12.6. The van der Waals surface area contributed by atoms with Crippen LogP contribution in [0.15, 0.2) is 104 Å². The Morgan fingerprint density at radius 1 is 0.575 bits per heavy atom. The number of amides is 16. The number of rotatable bonds is 23. The van der Waals surface area contributed by atoms with E-state index in [1.165, 1.54) is 50.4 Å². The van der Waals surface area contributed by atoms with E-state index in [2.05, 4.69) is 73.1 Å². The summed E-state index contributed by atoms with van der Waals surface area (Å²) in [6.07, 6.45) is 6.81. The Kier molecular flexibility index (Phi) is 36.1. The number of nitrogens with one attached hydrogen (secondary N) is 13. The number of aromatic amines is 3. The second-order valence-corrected chi connectivity index (χ2v) is 34.3. The van der Waals surface area contributed by atoms with Gasteiger partial charge in [0.2, 0.25) is 94.5 Å². The van der Waals surface area contributed by atoms with Crippen molar-refractivity contribution in [2.45, 2.75) is 222 Å². The van der Waals surface area contributed by atoms with Crippen LogP contribution in [-0.4, -0.2) is 276 Å². The maximum atomic E-state index is 15.6. The van der Waals surface area contributed by atoms with Crippen LogP contribution in [0.1, 0.15) is 147 Å². The molecule has 6 aromatic rings. The second-order valence-electron chi connectivity index (χ2n) is 33.3. The number of ketones is 1. The van der Waals surface area contributed by atoms with Crippen molar-refractivity contribution in [3.63, 3.8) is 0 Å². The predicted molar refractivity (Wildman–Crippen MR) is 470 cm³/mol. The van der Waals surface area contributed by atoms with Crippen molar-refractivity contribution in [3.05, 3.63) is 126 Å². The number of aromatic nitrogens is 4. The summed E-state index contributed by atoms with van der Waals surface area (Å²) in [6, 6.07) is 6.61. The van der Waals surface area contributed by atoms with Crippen molar-refractivity contribution in [2.24, 2.45) is 23.3 Å². The number of nitrogens with two attached hydrogens (primary N) is 2. The summed E-state index contributed by atoms with van der Waals surface area (Å²) in [7, 11) is 4.07. The van der Waals surface area contributed by atoms with Gasteiger partial charge in [0.05, 0.1) is 55.3 Å². The van der Waals surface area contributed by atoms with Gasteiger partial charge in [-0.3, -0.25) is 81.5 Å². The number of thioether (sulfide) groups is 1. The number of hydrogen-bond acceptors (Lipinski definition) is 20. The number of imidazole rings is 1. The van der Waals surface area contributed by atoms with E-state index in [0.717, 1.165) is 21.6 Å². The first-order chi connectivity index (χ1) is 60.6. The average molecular weight is 1780 g/mol. The zero-order valence-electron chi connectivity index (χ0n) is 73.0. The van der Waals surface area contributed by atoms with Gasteiger partial charge in [-0.25, -0.2) is 4.98 Å². The third kappa shape index (κ3) is 27.2. The van der Waals surface area contributed by atoms with Crippen molar-refractivity contribution in [1.29, 1.82) is 0 Å². The van der Waals surface area contributed by atoms with Crippen molar-refractivity contribution in [2.75, 3.05) is 58.9 Å². The lowest BCUT2D eigenvalue weighted by atomic mass is 9.96. The molecule has 0 bridgehead atoms. The molecule has 3 aliphatic rings. The number of aliphatic hydroxyl groups is 1. The highest BCUT2D eigenvalue weighted by atomic mass is 32.2. The number of primary amides is 2. The summed E-state index contributed by atoms with van der Waals surface area (Å²) in [5.74, 6) is -16.5. The maximum absolute atomic E-state index is 15.6. The Balaban J connectivity index is 1.05. The van der Waals surface area contributed by atoms with Crippen LogP contribution < -0.4 is 64.6 Å². The molecule has 1 spiro atoms. The summed E-state index contributed by atoms with van der Waals surface area (Å²) in [4.78, 5) is 264. The fourth-order valence-corrected chi connectivity index (χ4v) is 16.6. The number of fused-ring (bicyclic) bond motifs is 3. The number of unbranched alkanes of at least 4 members (excludes halogenated alkanes) is 2. The summed E-state index contributed by atoms with van der Waals surface area (Å²) >= 11 is 0.900. The molecule has 3 aromatic carbocycles. The van der Waals surface area contributed by atoms with Gasteiger partial charge in [0, 0.05) is 106 Å². The molecule has 1 aliphatic carbocycles. The number of carbonyl (C=O) groups is 17. The van der Waals surface area contributed by atoms with E-state index >= 15 is 14.4 Å². The minimum absolute atomic E-state index is 0.00194. The molecular weight excluding hydrogens is 1660 g/mol. The summed E-state index contributed by atoms with van der Waals surface area (Å²) < 4.78 is 0. The highest BCUT2D eigenvalue weighted by Crippen LogP contribution is 2.39. The molecule has 38 nitrogen and oxygen atoms in total. The molecule has 0 unspecified atom stereocenters. The quantitative estimate of drug-likeness (QED) is 0.0398. The molecule has 12 atom stereocenters. The van der Waals surface area contributed by atoms with Gasteiger partial charge in [-0.1, -0.05) is 120 Å². The van der Waals surface area contributed by atoms with Gasteiger partial charge in [-0.15, -0.1) is 0 Å². The largest absolute Gasteiger partial charge is 0.394 e. The van der Waals surface area contributed by atoms with Crippen molar-refractivity contribution >= 4 is 134 Å². The molecule has 5 heterocycles. The van der Waals surface area contributed by atoms with Gasteiger partial charge in [0.15, 0.2) is 5.78 Å². The van der Waals surface area contributed by atoms with E-state index in [-0.39, 0.29) is 94.5 Å². The molecular formula is C88H120N20O18S. The minimum Gasteiger partial charge on any atom is -0.394 e. The average Bonchev–Trinajstić information content (AvgIpc) is 1.62. The van der Waals surface area contributed by atoms with Gasteiger partial charge >= 0.3 is 0 Å². The van der Waals surface area contributed by atoms with Gasteiger partial charge in [0.1, 0.15) is 66.5 Å². The van der Waals surface area contributed by atoms with Gasteiger partial charge < -0.3 is 104 Å². The molecule has 18 N–H and O–H groups in total. The highest BCUT2D eigenvalue weighted by molar-refractivity contribution is 7.99. The predicted octanol–water partition coefficient (Wildman–Crippen LogP) is -0.0986. The van der Waals surface area contributed by atoms with Crippen LogP contribution in [-0.2, 0) is 107 Å². The number of Topliss-reactive ketones (excluding diaryl/α,β-unsaturated/α-hetero) is 1. The SMILES string of the molecule is CCCC[C@H]1C(=O)N(C)[C@@H](CCCC)C(=O)NC2(CC2)C(=O)C[C@H](C(=O)NCC(N)=O)CSCC(=O)N[C@@H](Cc2ccccc2)C(=O)N(C)[C@@H](C)C(=O)N[C@@H](CC(N)=O)C(=O)N2CCC[C@H]2C(=O)N[C@@H](Cc2c[nH]cn2)C(=O)N[C@@H](CCC(C)C)C(=O)NCC(=O)N[C@@H](Cc2c[nH]c3ccccc23)C(=O)N[C@@H](CO)C(=O)N[C@@H](Cc2c[nH]c3ccccc23)C(=O)N1C. The Morgan fingerprint density at radius 3 is 1.72 bits per heavy atom.